The Morgan fingerprint density at radius 2 is 2.38 bits per heavy atom. The molecule has 1 aliphatic rings. The van der Waals surface area contributed by atoms with Gasteiger partial charge in [0.15, 0.2) is 0 Å². The molecule has 84 valence electrons. The average molecular weight is 218 g/mol. The van der Waals surface area contributed by atoms with Crippen molar-refractivity contribution in [2.45, 2.75) is 25.4 Å². The van der Waals surface area contributed by atoms with Crippen LogP contribution in [0.3, 0.4) is 0 Å². The molecule has 3 heterocycles. The van der Waals surface area contributed by atoms with Crippen molar-refractivity contribution in [3.8, 4) is 5.75 Å². The minimum absolute atomic E-state index is 0.0676. The number of imidazole rings is 1. The lowest BCUT2D eigenvalue weighted by Crippen LogP contribution is -2.14. The molecule has 0 amide bonds. The van der Waals surface area contributed by atoms with Crippen LogP contribution >= 0.6 is 0 Å². The third-order valence-corrected chi connectivity index (χ3v) is 3.04. The highest BCUT2D eigenvalue weighted by molar-refractivity contribution is 5.58. The van der Waals surface area contributed by atoms with Gasteiger partial charge in [0.1, 0.15) is 23.2 Å². The SMILES string of the molecule is Oc1cccn2c(C3CCCCO3)ncc12. The summed E-state index contributed by atoms with van der Waals surface area (Å²) >= 11 is 0. The molecule has 16 heavy (non-hydrogen) atoms. The monoisotopic (exact) mass is 218 g/mol. The average Bonchev–Trinajstić information content (AvgIpc) is 2.75. The number of rotatable bonds is 1. The minimum Gasteiger partial charge on any atom is -0.506 e. The second-order valence-corrected chi connectivity index (χ2v) is 4.12. The maximum atomic E-state index is 9.68. The molecule has 0 radical (unpaired) electrons. The van der Waals surface area contributed by atoms with E-state index < -0.39 is 0 Å². The van der Waals surface area contributed by atoms with Gasteiger partial charge in [0.25, 0.3) is 0 Å². The number of ether oxygens (including phenoxy) is 1. The van der Waals surface area contributed by atoms with Crippen LogP contribution in [0.1, 0.15) is 31.2 Å². The van der Waals surface area contributed by atoms with E-state index >= 15 is 0 Å². The van der Waals surface area contributed by atoms with Crippen molar-refractivity contribution >= 4 is 5.52 Å². The molecule has 0 spiro atoms. The summed E-state index contributed by atoms with van der Waals surface area (Å²) in [6.45, 7) is 0.804. The van der Waals surface area contributed by atoms with Crippen molar-refractivity contribution in [2.24, 2.45) is 0 Å². The first-order valence-electron chi connectivity index (χ1n) is 5.63. The summed E-state index contributed by atoms with van der Waals surface area (Å²) in [6, 6.07) is 3.48. The Balaban J connectivity index is 2.06. The number of nitrogens with zero attached hydrogens (tertiary/aromatic N) is 2. The normalized spacial score (nSPS) is 21.4. The first kappa shape index (κ1) is 9.66. The van der Waals surface area contributed by atoms with Gasteiger partial charge in [0, 0.05) is 12.8 Å². The van der Waals surface area contributed by atoms with E-state index in [2.05, 4.69) is 4.98 Å². The van der Waals surface area contributed by atoms with E-state index in [9.17, 15) is 5.11 Å². The van der Waals surface area contributed by atoms with Crippen molar-refractivity contribution in [2.75, 3.05) is 6.61 Å². The van der Waals surface area contributed by atoms with Gasteiger partial charge < -0.3 is 9.84 Å². The number of hydrogen-bond donors (Lipinski definition) is 1. The zero-order chi connectivity index (χ0) is 11.0. The molecule has 0 aromatic carbocycles. The Labute approximate surface area is 93.5 Å². The molecule has 0 saturated carbocycles. The highest BCUT2D eigenvalue weighted by Gasteiger charge is 2.20. The molecule has 2 aromatic heterocycles. The highest BCUT2D eigenvalue weighted by atomic mass is 16.5. The lowest BCUT2D eigenvalue weighted by molar-refractivity contribution is 0.00915. The second-order valence-electron chi connectivity index (χ2n) is 4.12. The summed E-state index contributed by atoms with van der Waals surface area (Å²) in [5, 5.41) is 9.68. The first-order valence-corrected chi connectivity index (χ1v) is 5.63. The predicted octanol–water partition coefficient (Wildman–Crippen LogP) is 2.28. The molecular formula is C12H14N2O2. The van der Waals surface area contributed by atoms with Crippen LogP contribution in [0, 0.1) is 0 Å². The first-order chi connectivity index (χ1) is 7.86. The van der Waals surface area contributed by atoms with Crippen LogP contribution in [0.25, 0.3) is 5.52 Å². The number of pyridine rings is 1. The summed E-state index contributed by atoms with van der Waals surface area (Å²) in [6.07, 6.45) is 6.99. The van der Waals surface area contributed by atoms with E-state index in [1.807, 2.05) is 16.7 Å². The molecule has 1 unspecified atom stereocenters. The largest absolute Gasteiger partial charge is 0.506 e. The van der Waals surface area contributed by atoms with Crippen molar-refractivity contribution in [3.05, 3.63) is 30.4 Å². The molecule has 0 aliphatic carbocycles. The second kappa shape index (κ2) is 3.79. The van der Waals surface area contributed by atoms with Gasteiger partial charge in [-0.15, -0.1) is 0 Å². The summed E-state index contributed by atoms with van der Waals surface area (Å²) in [5.41, 5.74) is 0.742. The van der Waals surface area contributed by atoms with Crippen LogP contribution < -0.4 is 0 Å². The van der Waals surface area contributed by atoms with Crippen molar-refractivity contribution < 1.29 is 9.84 Å². The molecule has 1 atom stereocenters. The van der Waals surface area contributed by atoms with Gasteiger partial charge in [0.2, 0.25) is 0 Å². The highest BCUT2D eigenvalue weighted by Crippen LogP contribution is 2.29. The fraction of sp³-hybridized carbons (Fsp3) is 0.417. The summed E-state index contributed by atoms with van der Waals surface area (Å²) in [5.74, 6) is 1.16. The topological polar surface area (TPSA) is 46.8 Å². The van der Waals surface area contributed by atoms with E-state index in [1.54, 1.807) is 12.3 Å². The quantitative estimate of drug-likeness (QED) is 0.798. The number of fused-ring (bicyclic) bond motifs is 1. The molecule has 4 heteroatoms. The molecule has 2 aromatic rings. The lowest BCUT2D eigenvalue weighted by atomic mass is 10.1. The van der Waals surface area contributed by atoms with E-state index in [1.165, 1.54) is 6.42 Å². The summed E-state index contributed by atoms with van der Waals surface area (Å²) in [7, 11) is 0. The third-order valence-electron chi connectivity index (χ3n) is 3.04. The standard InChI is InChI=1S/C12H14N2O2/c15-10-4-3-6-14-9(10)8-13-12(14)11-5-1-2-7-16-11/h3-4,6,8,11,15H,1-2,5,7H2. The lowest BCUT2D eigenvalue weighted by Gasteiger charge is -2.21. The molecule has 4 nitrogen and oxygen atoms in total. The van der Waals surface area contributed by atoms with E-state index in [-0.39, 0.29) is 11.9 Å². The molecule has 1 fully saturated rings. The van der Waals surface area contributed by atoms with Gasteiger partial charge in [-0.05, 0) is 31.4 Å². The van der Waals surface area contributed by atoms with Crippen LogP contribution in [0.4, 0.5) is 0 Å². The van der Waals surface area contributed by atoms with Crippen molar-refractivity contribution in [1.29, 1.82) is 0 Å². The molecular weight excluding hydrogens is 204 g/mol. The van der Waals surface area contributed by atoms with Gasteiger partial charge in [-0.1, -0.05) is 0 Å². The molecule has 1 N–H and O–H groups in total. The molecule has 0 bridgehead atoms. The maximum Gasteiger partial charge on any atom is 0.142 e. The van der Waals surface area contributed by atoms with E-state index in [4.69, 9.17) is 4.74 Å². The molecule has 1 aliphatic heterocycles. The zero-order valence-corrected chi connectivity index (χ0v) is 8.97. The number of hydrogen-bond acceptors (Lipinski definition) is 3. The van der Waals surface area contributed by atoms with Gasteiger partial charge in [-0.2, -0.15) is 0 Å². The van der Waals surface area contributed by atoms with Crippen LogP contribution in [0.5, 0.6) is 5.75 Å². The Kier molecular flexibility index (Phi) is 2.29. The van der Waals surface area contributed by atoms with Crippen molar-refractivity contribution in [3.63, 3.8) is 0 Å². The smallest absolute Gasteiger partial charge is 0.142 e. The number of aromatic hydroxyl groups is 1. The molecule has 1 saturated heterocycles. The fourth-order valence-electron chi connectivity index (χ4n) is 2.21. The van der Waals surface area contributed by atoms with Gasteiger partial charge in [-0.3, -0.25) is 4.40 Å². The van der Waals surface area contributed by atoms with Crippen molar-refractivity contribution in [1.82, 2.24) is 9.38 Å². The maximum absolute atomic E-state index is 9.68. The Morgan fingerprint density at radius 1 is 1.44 bits per heavy atom. The van der Waals surface area contributed by atoms with Crippen LogP contribution in [0.2, 0.25) is 0 Å². The summed E-state index contributed by atoms with van der Waals surface area (Å²) < 4.78 is 7.61. The third kappa shape index (κ3) is 1.46. The number of aromatic nitrogens is 2. The molecule has 3 rings (SSSR count). The van der Waals surface area contributed by atoms with Crippen LogP contribution in [-0.2, 0) is 4.74 Å². The Morgan fingerprint density at radius 3 is 3.19 bits per heavy atom. The van der Waals surface area contributed by atoms with Crippen LogP contribution in [-0.4, -0.2) is 21.1 Å². The Bertz CT molecular complexity index is 501. The van der Waals surface area contributed by atoms with Crippen LogP contribution in [0.15, 0.2) is 24.5 Å². The fourth-order valence-corrected chi connectivity index (χ4v) is 2.21. The van der Waals surface area contributed by atoms with E-state index in [0.717, 1.165) is 30.8 Å². The van der Waals surface area contributed by atoms with Gasteiger partial charge in [-0.25, -0.2) is 4.98 Å². The Hall–Kier alpha value is -1.55. The zero-order valence-electron chi connectivity index (χ0n) is 8.97. The predicted molar refractivity (Wildman–Crippen MR) is 59.4 cm³/mol. The van der Waals surface area contributed by atoms with E-state index in [0.29, 0.717) is 0 Å². The van der Waals surface area contributed by atoms with Gasteiger partial charge in [0.05, 0.1) is 6.20 Å². The summed E-state index contributed by atoms with van der Waals surface area (Å²) in [4.78, 5) is 4.36. The minimum atomic E-state index is 0.0676. The van der Waals surface area contributed by atoms with Gasteiger partial charge >= 0.3 is 0 Å².